The molecule has 0 unspecified atom stereocenters. The first kappa shape index (κ1) is 15.5. The molecule has 0 saturated heterocycles. The highest BCUT2D eigenvalue weighted by Crippen LogP contribution is 2.21. The molecule has 22 heavy (non-hydrogen) atoms. The molecular formula is C16H13F2N3O. The Hall–Kier alpha value is -2.89. The molecule has 0 aliphatic heterocycles. The molecule has 1 amide bonds. The van der Waals surface area contributed by atoms with Gasteiger partial charge in [-0.05, 0) is 37.9 Å². The average Bonchev–Trinajstić information content (AvgIpc) is 2.48. The zero-order valence-electron chi connectivity index (χ0n) is 11.8. The van der Waals surface area contributed by atoms with Crippen LogP contribution in [0, 0.1) is 11.6 Å². The van der Waals surface area contributed by atoms with Gasteiger partial charge in [-0.15, -0.1) is 0 Å². The molecule has 1 aromatic carbocycles. The number of anilines is 1. The zero-order chi connectivity index (χ0) is 16.1. The number of amides is 1. The van der Waals surface area contributed by atoms with E-state index in [-0.39, 0.29) is 5.82 Å². The summed E-state index contributed by atoms with van der Waals surface area (Å²) in [6.45, 7) is 5.24. The molecule has 2 aromatic rings. The van der Waals surface area contributed by atoms with Crippen LogP contribution in [0.3, 0.4) is 0 Å². The lowest BCUT2D eigenvalue weighted by atomic mass is 10.2. The second-order valence-electron chi connectivity index (χ2n) is 4.32. The van der Waals surface area contributed by atoms with E-state index >= 15 is 0 Å². The van der Waals surface area contributed by atoms with E-state index in [2.05, 4.69) is 22.0 Å². The molecule has 0 bridgehead atoms. The Morgan fingerprint density at radius 1 is 1.27 bits per heavy atom. The van der Waals surface area contributed by atoms with Crippen LogP contribution in [0.5, 0.6) is 0 Å². The van der Waals surface area contributed by atoms with Crippen LogP contribution in [0.15, 0.2) is 41.4 Å². The van der Waals surface area contributed by atoms with Gasteiger partial charge in [-0.1, -0.05) is 18.2 Å². The third-order valence-electron chi connectivity index (χ3n) is 2.83. The highest BCUT2D eigenvalue weighted by molar-refractivity contribution is 6.04. The molecule has 0 radical (unpaired) electrons. The number of hydrogen-bond donors (Lipinski definition) is 1. The van der Waals surface area contributed by atoms with Crippen molar-refractivity contribution in [2.45, 2.75) is 6.92 Å². The van der Waals surface area contributed by atoms with Crippen molar-refractivity contribution in [1.82, 2.24) is 4.98 Å². The van der Waals surface area contributed by atoms with E-state index < -0.39 is 23.1 Å². The second kappa shape index (κ2) is 6.71. The van der Waals surface area contributed by atoms with Crippen LogP contribution >= 0.6 is 0 Å². The van der Waals surface area contributed by atoms with E-state index in [4.69, 9.17) is 0 Å². The van der Waals surface area contributed by atoms with E-state index in [1.165, 1.54) is 12.1 Å². The maximum atomic E-state index is 13.6. The molecule has 1 heterocycles. The molecule has 0 aliphatic carbocycles. The maximum absolute atomic E-state index is 13.6. The number of allylic oxidation sites excluding steroid dienone is 1. The highest BCUT2D eigenvalue weighted by atomic mass is 19.1. The van der Waals surface area contributed by atoms with Gasteiger partial charge < -0.3 is 5.32 Å². The number of nitrogens with one attached hydrogen (secondary N) is 1. The Morgan fingerprint density at radius 2 is 1.95 bits per heavy atom. The standard InChI is InChI=1S/C16H13F2N3O/c1-3-5-10-8-9-13(20-15(10)19-2)21-16(22)14-11(17)6-4-7-12(14)18/h3-9H,2H2,1H3,(H,20,21,22)/b5-3-. The number of carbonyl (C=O) groups is 1. The number of halogens is 2. The first-order valence-corrected chi connectivity index (χ1v) is 6.42. The Balaban J connectivity index is 2.31. The maximum Gasteiger partial charge on any atom is 0.262 e. The van der Waals surface area contributed by atoms with E-state index in [0.717, 1.165) is 12.1 Å². The number of pyridine rings is 1. The molecule has 0 aliphatic rings. The van der Waals surface area contributed by atoms with E-state index in [1.807, 2.05) is 6.92 Å². The summed E-state index contributed by atoms with van der Waals surface area (Å²) in [6, 6.07) is 6.39. The molecule has 6 heteroatoms. The predicted molar refractivity (Wildman–Crippen MR) is 82.5 cm³/mol. The van der Waals surface area contributed by atoms with Gasteiger partial charge >= 0.3 is 0 Å². The molecule has 2 rings (SSSR count). The fourth-order valence-corrected chi connectivity index (χ4v) is 1.86. The van der Waals surface area contributed by atoms with Crippen LogP contribution < -0.4 is 5.32 Å². The molecule has 4 nitrogen and oxygen atoms in total. The smallest absolute Gasteiger partial charge is 0.262 e. The van der Waals surface area contributed by atoms with Crippen molar-refractivity contribution in [1.29, 1.82) is 0 Å². The SMILES string of the molecule is C=Nc1nc(NC(=O)c2c(F)cccc2F)ccc1/C=C\C. The molecule has 1 N–H and O–H groups in total. The van der Waals surface area contributed by atoms with Gasteiger partial charge in [0.15, 0.2) is 5.82 Å². The van der Waals surface area contributed by atoms with Gasteiger partial charge in [-0.25, -0.2) is 18.8 Å². The topological polar surface area (TPSA) is 54.4 Å². The van der Waals surface area contributed by atoms with Crippen molar-refractivity contribution in [2.75, 3.05) is 5.32 Å². The van der Waals surface area contributed by atoms with Gasteiger partial charge in [0.05, 0.1) is 0 Å². The van der Waals surface area contributed by atoms with Crippen LogP contribution in [0.25, 0.3) is 6.08 Å². The summed E-state index contributed by atoms with van der Waals surface area (Å²) in [4.78, 5) is 19.8. The molecule has 0 saturated carbocycles. The van der Waals surface area contributed by atoms with Crippen LogP contribution in [-0.2, 0) is 0 Å². The molecule has 0 spiro atoms. The Kier molecular flexibility index (Phi) is 4.73. The van der Waals surface area contributed by atoms with Gasteiger partial charge in [0.1, 0.15) is 23.0 Å². The van der Waals surface area contributed by atoms with Gasteiger partial charge in [-0.3, -0.25) is 4.79 Å². The third-order valence-corrected chi connectivity index (χ3v) is 2.83. The molecule has 0 fully saturated rings. The summed E-state index contributed by atoms with van der Waals surface area (Å²) in [5.74, 6) is -2.36. The summed E-state index contributed by atoms with van der Waals surface area (Å²) in [6.07, 6.45) is 3.58. The number of rotatable bonds is 4. The summed E-state index contributed by atoms with van der Waals surface area (Å²) < 4.78 is 27.1. The molecule has 1 aromatic heterocycles. The average molecular weight is 301 g/mol. The summed E-state index contributed by atoms with van der Waals surface area (Å²) >= 11 is 0. The monoisotopic (exact) mass is 301 g/mol. The summed E-state index contributed by atoms with van der Waals surface area (Å²) in [7, 11) is 0. The Bertz CT molecular complexity index is 737. The fourth-order valence-electron chi connectivity index (χ4n) is 1.86. The van der Waals surface area contributed by atoms with E-state index in [1.54, 1.807) is 18.2 Å². The minimum Gasteiger partial charge on any atom is -0.306 e. The first-order valence-electron chi connectivity index (χ1n) is 6.42. The van der Waals surface area contributed by atoms with Crippen molar-refractivity contribution in [3.63, 3.8) is 0 Å². The van der Waals surface area contributed by atoms with Crippen molar-refractivity contribution >= 4 is 30.3 Å². The van der Waals surface area contributed by atoms with Crippen LogP contribution in [0.4, 0.5) is 20.4 Å². The summed E-state index contributed by atoms with van der Waals surface area (Å²) in [5, 5.41) is 2.34. The Morgan fingerprint density at radius 3 is 2.55 bits per heavy atom. The van der Waals surface area contributed by atoms with E-state index in [0.29, 0.717) is 11.4 Å². The third kappa shape index (κ3) is 3.22. The van der Waals surface area contributed by atoms with Crippen molar-refractivity contribution in [2.24, 2.45) is 4.99 Å². The number of aliphatic imine (C=N–C) groups is 1. The number of hydrogen-bond acceptors (Lipinski definition) is 3. The van der Waals surface area contributed by atoms with Crippen molar-refractivity contribution < 1.29 is 13.6 Å². The normalized spacial score (nSPS) is 10.7. The number of carbonyl (C=O) groups excluding carboxylic acids is 1. The number of benzene rings is 1. The lowest BCUT2D eigenvalue weighted by molar-refractivity contribution is 0.101. The lowest BCUT2D eigenvalue weighted by Gasteiger charge is -2.08. The van der Waals surface area contributed by atoms with Gasteiger partial charge in [0.25, 0.3) is 5.91 Å². The van der Waals surface area contributed by atoms with Gasteiger partial charge in [0, 0.05) is 5.56 Å². The minimum absolute atomic E-state index is 0.128. The van der Waals surface area contributed by atoms with Gasteiger partial charge in [-0.2, -0.15) is 0 Å². The molecule has 0 atom stereocenters. The summed E-state index contributed by atoms with van der Waals surface area (Å²) in [5.41, 5.74) is 0.0579. The lowest BCUT2D eigenvalue weighted by Crippen LogP contribution is -2.16. The fraction of sp³-hybridized carbons (Fsp3) is 0.0625. The second-order valence-corrected chi connectivity index (χ2v) is 4.32. The highest BCUT2D eigenvalue weighted by Gasteiger charge is 2.17. The largest absolute Gasteiger partial charge is 0.306 e. The van der Waals surface area contributed by atoms with E-state index in [9.17, 15) is 13.6 Å². The minimum atomic E-state index is -0.940. The first-order chi connectivity index (χ1) is 10.6. The molecule has 112 valence electrons. The number of aromatic nitrogens is 1. The van der Waals surface area contributed by atoms with Crippen LogP contribution in [0.1, 0.15) is 22.8 Å². The zero-order valence-corrected chi connectivity index (χ0v) is 11.8. The van der Waals surface area contributed by atoms with Gasteiger partial charge in [0.2, 0.25) is 0 Å². The Labute approximate surface area is 126 Å². The van der Waals surface area contributed by atoms with Crippen molar-refractivity contribution in [3.05, 3.63) is 59.2 Å². The van der Waals surface area contributed by atoms with Crippen LogP contribution in [-0.4, -0.2) is 17.6 Å². The predicted octanol–water partition coefficient (Wildman–Crippen LogP) is 3.98. The quantitative estimate of drug-likeness (QED) is 0.868. The van der Waals surface area contributed by atoms with Crippen LogP contribution in [0.2, 0.25) is 0 Å². The number of nitrogens with zero attached hydrogens (tertiary/aromatic N) is 2. The van der Waals surface area contributed by atoms with Crippen molar-refractivity contribution in [3.8, 4) is 0 Å². The molecular weight excluding hydrogens is 288 g/mol.